The zero-order valence-corrected chi connectivity index (χ0v) is 18.3. The Labute approximate surface area is 194 Å². The van der Waals surface area contributed by atoms with Crippen molar-refractivity contribution >= 4 is 29.2 Å². The lowest BCUT2D eigenvalue weighted by Crippen LogP contribution is -2.52. The van der Waals surface area contributed by atoms with Crippen LogP contribution in [-0.4, -0.2) is 45.0 Å². The summed E-state index contributed by atoms with van der Waals surface area (Å²) in [5, 5.41) is 12.5. The molecular formula is C24H22FN3O6. The Morgan fingerprint density at radius 2 is 1.59 bits per heavy atom. The third-order valence-corrected chi connectivity index (χ3v) is 6.42. The van der Waals surface area contributed by atoms with Gasteiger partial charge in [-0.1, -0.05) is 6.92 Å². The van der Waals surface area contributed by atoms with E-state index in [0.717, 1.165) is 40.7 Å². The molecule has 2 fully saturated rings. The lowest BCUT2D eigenvalue weighted by Gasteiger charge is -2.30. The third-order valence-electron chi connectivity index (χ3n) is 6.42. The number of nitro benzene ring substituents is 1. The smallest absolute Gasteiger partial charge is 0.273 e. The molecule has 3 amide bonds. The van der Waals surface area contributed by atoms with E-state index in [1.807, 2.05) is 6.92 Å². The number of non-ortho nitro benzene ring substituents is 1. The minimum Gasteiger partial charge on any atom is -0.292 e. The van der Waals surface area contributed by atoms with E-state index in [4.69, 9.17) is 0 Å². The first kappa shape index (κ1) is 23.2. The van der Waals surface area contributed by atoms with Crippen LogP contribution in [0.25, 0.3) is 0 Å². The Kier molecular flexibility index (Phi) is 6.23. The van der Waals surface area contributed by atoms with Crippen LogP contribution in [0.4, 0.5) is 10.1 Å². The van der Waals surface area contributed by atoms with Crippen LogP contribution in [0.1, 0.15) is 46.9 Å². The van der Waals surface area contributed by atoms with E-state index in [2.05, 4.69) is 0 Å². The number of carbonyl (C=O) groups excluding carboxylic acids is 4. The molecule has 176 valence electrons. The van der Waals surface area contributed by atoms with Crippen molar-refractivity contribution in [1.29, 1.82) is 0 Å². The highest BCUT2D eigenvalue weighted by atomic mass is 19.1. The second-order valence-corrected chi connectivity index (χ2v) is 8.72. The van der Waals surface area contributed by atoms with Crippen molar-refractivity contribution < 1.29 is 28.5 Å². The molecule has 1 heterocycles. The van der Waals surface area contributed by atoms with Gasteiger partial charge < -0.3 is 0 Å². The van der Waals surface area contributed by atoms with Crippen molar-refractivity contribution in [2.45, 2.75) is 26.2 Å². The zero-order valence-electron chi connectivity index (χ0n) is 18.3. The van der Waals surface area contributed by atoms with Crippen LogP contribution in [0.5, 0.6) is 0 Å². The van der Waals surface area contributed by atoms with Crippen LogP contribution in [-0.2, 0) is 9.59 Å². The lowest BCUT2D eigenvalue weighted by atomic mass is 9.76. The van der Waals surface area contributed by atoms with Crippen molar-refractivity contribution in [3.63, 3.8) is 0 Å². The molecule has 3 atom stereocenters. The number of nitrogens with zero attached hydrogens (tertiary/aromatic N) is 3. The Balaban J connectivity index is 1.68. The first-order valence-corrected chi connectivity index (χ1v) is 10.9. The molecule has 0 unspecified atom stereocenters. The lowest BCUT2D eigenvalue weighted by molar-refractivity contribution is -0.384. The monoisotopic (exact) mass is 467 g/mol. The number of Topliss-reactive ketones (excluding diaryl/α,β-unsaturated/α-hetero) is 1. The maximum Gasteiger partial charge on any atom is 0.273 e. The summed E-state index contributed by atoms with van der Waals surface area (Å²) in [5.74, 6) is -3.91. The number of imide groups is 1. The van der Waals surface area contributed by atoms with Crippen LogP contribution in [0.15, 0.2) is 48.5 Å². The number of carbonyl (C=O) groups is 4. The molecule has 0 bridgehead atoms. The average molecular weight is 467 g/mol. The van der Waals surface area contributed by atoms with Gasteiger partial charge in [-0.15, -0.1) is 0 Å². The predicted molar refractivity (Wildman–Crippen MR) is 117 cm³/mol. The van der Waals surface area contributed by atoms with E-state index in [1.54, 1.807) is 0 Å². The van der Waals surface area contributed by atoms with Crippen molar-refractivity contribution in [3.8, 4) is 0 Å². The quantitative estimate of drug-likeness (QED) is 0.278. The predicted octanol–water partition coefficient (Wildman–Crippen LogP) is 3.40. The van der Waals surface area contributed by atoms with E-state index in [-0.39, 0.29) is 22.7 Å². The van der Waals surface area contributed by atoms with Gasteiger partial charge in [-0.3, -0.25) is 29.3 Å². The van der Waals surface area contributed by atoms with E-state index in [9.17, 15) is 33.7 Å². The van der Waals surface area contributed by atoms with Gasteiger partial charge in [0.25, 0.3) is 23.4 Å². The number of benzene rings is 2. The minimum absolute atomic E-state index is 0.0265. The fourth-order valence-corrected chi connectivity index (χ4v) is 4.58. The van der Waals surface area contributed by atoms with Crippen LogP contribution < -0.4 is 0 Å². The van der Waals surface area contributed by atoms with Gasteiger partial charge in [-0.25, -0.2) is 9.40 Å². The van der Waals surface area contributed by atoms with E-state index in [0.29, 0.717) is 12.8 Å². The van der Waals surface area contributed by atoms with E-state index < -0.39 is 52.6 Å². The molecule has 2 aromatic carbocycles. The van der Waals surface area contributed by atoms with Gasteiger partial charge in [0, 0.05) is 23.3 Å². The average Bonchev–Trinajstić information content (AvgIpc) is 3.06. The molecule has 34 heavy (non-hydrogen) atoms. The number of ketones is 1. The highest BCUT2D eigenvalue weighted by molar-refractivity contribution is 6.09. The number of rotatable bonds is 6. The highest BCUT2D eigenvalue weighted by Gasteiger charge is 2.52. The zero-order chi connectivity index (χ0) is 24.6. The minimum atomic E-state index is -0.821. The largest absolute Gasteiger partial charge is 0.292 e. The molecule has 0 spiro atoms. The summed E-state index contributed by atoms with van der Waals surface area (Å²) in [5.41, 5.74) is -0.159. The number of nitro groups is 1. The summed E-state index contributed by atoms with van der Waals surface area (Å²) in [4.78, 5) is 63.1. The molecule has 1 aliphatic heterocycles. The molecule has 0 radical (unpaired) electrons. The van der Waals surface area contributed by atoms with E-state index in [1.165, 1.54) is 24.3 Å². The molecule has 1 saturated heterocycles. The topological polar surface area (TPSA) is 118 Å². The molecule has 9 nitrogen and oxygen atoms in total. The molecule has 1 aliphatic carbocycles. The number of hydrogen-bond donors (Lipinski definition) is 0. The summed E-state index contributed by atoms with van der Waals surface area (Å²) in [6.45, 7) is 1.36. The summed E-state index contributed by atoms with van der Waals surface area (Å²) in [6.07, 6.45) is 1.80. The Bertz CT molecular complexity index is 1160. The number of halogens is 1. The fourth-order valence-electron chi connectivity index (χ4n) is 4.58. The Morgan fingerprint density at radius 1 is 1.00 bits per heavy atom. The summed E-state index contributed by atoms with van der Waals surface area (Å²) in [6, 6.07) is 9.36. The van der Waals surface area contributed by atoms with Crippen LogP contribution in [0.2, 0.25) is 0 Å². The third kappa shape index (κ3) is 4.30. The van der Waals surface area contributed by atoms with Gasteiger partial charge in [0.1, 0.15) is 12.4 Å². The second-order valence-electron chi connectivity index (χ2n) is 8.72. The molecule has 0 aromatic heterocycles. The van der Waals surface area contributed by atoms with Gasteiger partial charge in [0.2, 0.25) is 0 Å². The number of hydrogen-bond acceptors (Lipinski definition) is 6. The van der Waals surface area contributed by atoms with E-state index >= 15 is 0 Å². The Morgan fingerprint density at radius 3 is 2.21 bits per heavy atom. The molecule has 4 rings (SSSR count). The van der Waals surface area contributed by atoms with Crippen molar-refractivity contribution in [3.05, 3.63) is 75.6 Å². The number of amides is 3. The van der Waals surface area contributed by atoms with Crippen LogP contribution in [0.3, 0.4) is 0 Å². The van der Waals surface area contributed by atoms with Crippen molar-refractivity contribution in [1.82, 2.24) is 10.0 Å². The first-order valence-electron chi connectivity index (χ1n) is 10.9. The maximum absolute atomic E-state index is 13.4. The SMILES string of the molecule is C[C@@H]1CC[C@H]2C(=O)N(N(CC(=O)c3ccc(F)cc3)C(=O)c3ccc([N+](=O)[O-])cc3)C(=O)[C@@H]2C1. The maximum atomic E-state index is 13.4. The van der Waals surface area contributed by atoms with Crippen LogP contribution in [0, 0.1) is 33.7 Å². The first-order chi connectivity index (χ1) is 16.2. The fraction of sp³-hybridized carbons (Fsp3) is 0.333. The molecule has 10 heteroatoms. The standard InChI is InChI=1S/C24H22FN3O6/c1-14-2-11-19-20(12-14)24(32)27(23(19)31)26(13-21(29)15-3-7-17(25)8-4-15)22(30)16-5-9-18(10-6-16)28(33)34/h3-10,14,19-20H,2,11-13H2,1H3/t14-,19-,20-/m1/s1. The molecule has 1 saturated carbocycles. The summed E-state index contributed by atoms with van der Waals surface area (Å²) in [7, 11) is 0. The molecule has 2 aliphatic rings. The van der Waals surface area contributed by atoms with Crippen molar-refractivity contribution in [2.75, 3.05) is 6.54 Å². The molecule has 0 N–H and O–H groups in total. The van der Waals surface area contributed by atoms with Gasteiger partial charge in [-0.05, 0) is 61.6 Å². The Hall–Kier alpha value is -3.95. The second kappa shape index (κ2) is 9.12. The number of hydrazine groups is 1. The van der Waals surface area contributed by atoms with Gasteiger partial charge >= 0.3 is 0 Å². The summed E-state index contributed by atoms with van der Waals surface area (Å²) < 4.78 is 13.3. The number of fused-ring (bicyclic) bond motifs is 1. The van der Waals surface area contributed by atoms with Gasteiger partial charge in [0.15, 0.2) is 5.78 Å². The van der Waals surface area contributed by atoms with Gasteiger partial charge in [0.05, 0.1) is 16.8 Å². The van der Waals surface area contributed by atoms with Crippen molar-refractivity contribution in [2.24, 2.45) is 17.8 Å². The van der Waals surface area contributed by atoms with Gasteiger partial charge in [-0.2, -0.15) is 5.01 Å². The highest BCUT2D eigenvalue weighted by Crippen LogP contribution is 2.41. The molecule has 2 aromatic rings. The molecular weight excluding hydrogens is 445 g/mol. The normalized spacial score (nSPS) is 21.8. The van der Waals surface area contributed by atoms with Crippen LogP contribution >= 0.6 is 0 Å². The summed E-state index contributed by atoms with van der Waals surface area (Å²) >= 11 is 0.